The molecule has 2 rings (SSSR count). The molecule has 68 valence electrons. The molecule has 0 saturated carbocycles. The maximum absolute atomic E-state index is 11.6. The van der Waals surface area contributed by atoms with Crippen LogP contribution in [0.2, 0.25) is 0 Å². The van der Waals surface area contributed by atoms with Gasteiger partial charge in [0.2, 0.25) is 0 Å². The largest absolute Gasteiger partial charge is 0.508 e. The normalized spacial score (nSPS) is 14.8. The van der Waals surface area contributed by atoms with E-state index < -0.39 is 0 Å². The number of alkyl halides is 1. The lowest BCUT2D eigenvalue weighted by atomic mass is 10.1. The van der Waals surface area contributed by atoms with Crippen LogP contribution in [-0.4, -0.2) is 21.4 Å². The Bertz CT molecular complexity index is 365. The molecule has 1 aromatic rings. The minimum absolute atomic E-state index is 0.0252. The Balaban J connectivity index is 2.45. The van der Waals surface area contributed by atoms with Gasteiger partial charge in [-0.05, 0) is 17.7 Å². The van der Waals surface area contributed by atoms with Gasteiger partial charge in [0.1, 0.15) is 5.75 Å². The number of amides is 1. The van der Waals surface area contributed by atoms with Gasteiger partial charge < -0.3 is 10.0 Å². The monoisotopic (exact) mass is 241 g/mol. The molecular weight excluding hydrogens is 234 g/mol. The van der Waals surface area contributed by atoms with Crippen molar-refractivity contribution in [3.05, 3.63) is 29.3 Å². The van der Waals surface area contributed by atoms with Crippen LogP contribution >= 0.6 is 15.9 Å². The van der Waals surface area contributed by atoms with Crippen molar-refractivity contribution in [3.8, 4) is 5.75 Å². The Morgan fingerprint density at radius 1 is 1.54 bits per heavy atom. The van der Waals surface area contributed by atoms with Crippen LogP contribution < -0.4 is 0 Å². The third-order valence-corrected chi connectivity index (χ3v) is 2.72. The molecule has 0 spiro atoms. The Morgan fingerprint density at radius 3 is 3.00 bits per heavy atom. The van der Waals surface area contributed by atoms with E-state index in [4.69, 9.17) is 0 Å². The summed E-state index contributed by atoms with van der Waals surface area (Å²) in [6.45, 7) is 0.625. The van der Waals surface area contributed by atoms with Gasteiger partial charge in [0.25, 0.3) is 5.91 Å². The zero-order valence-electron chi connectivity index (χ0n) is 6.83. The van der Waals surface area contributed by atoms with E-state index in [9.17, 15) is 9.90 Å². The van der Waals surface area contributed by atoms with Gasteiger partial charge in [-0.2, -0.15) is 0 Å². The first-order chi connectivity index (χ1) is 6.22. The molecule has 1 aromatic carbocycles. The van der Waals surface area contributed by atoms with Gasteiger partial charge >= 0.3 is 0 Å². The van der Waals surface area contributed by atoms with Crippen LogP contribution in [0.4, 0.5) is 0 Å². The third-order valence-electron chi connectivity index (χ3n) is 2.12. The van der Waals surface area contributed by atoms with Gasteiger partial charge in [-0.15, -0.1) is 0 Å². The van der Waals surface area contributed by atoms with Crippen molar-refractivity contribution in [1.29, 1.82) is 0 Å². The van der Waals surface area contributed by atoms with E-state index in [1.165, 1.54) is 6.07 Å². The van der Waals surface area contributed by atoms with E-state index in [0.717, 1.165) is 5.56 Å². The van der Waals surface area contributed by atoms with Crippen LogP contribution in [0.15, 0.2) is 18.2 Å². The summed E-state index contributed by atoms with van der Waals surface area (Å²) in [5.74, 6) is 0.117. The first-order valence-electron chi connectivity index (χ1n) is 3.89. The summed E-state index contributed by atoms with van der Waals surface area (Å²) in [4.78, 5) is 13.2. The number of carbonyl (C=O) groups excluding carboxylic acids is 1. The van der Waals surface area contributed by atoms with E-state index >= 15 is 0 Å². The molecule has 0 unspecified atom stereocenters. The summed E-state index contributed by atoms with van der Waals surface area (Å²) < 4.78 is 0. The second kappa shape index (κ2) is 3.03. The van der Waals surface area contributed by atoms with Crippen LogP contribution in [0.5, 0.6) is 5.75 Å². The number of nitrogens with zero attached hydrogens (tertiary/aromatic N) is 1. The number of phenolic OH excluding ortho intramolecular Hbond substituents is 1. The number of benzene rings is 1. The lowest BCUT2D eigenvalue weighted by Gasteiger charge is -2.09. The number of hydrogen-bond acceptors (Lipinski definition) is 2. The fraction of sp³-hybridized carbons (Fsp3) is 0.222. The molecule has 4 heteroatoms. The fourth-order valence-electron chi connectivity index (χ4n) is 1.45. The SMILES string of the molecule is O=C1c2cc(O)ccc2CN1CBr. The molecule has 0 radical (unpaired) electrons. The average Bonchev–Trinajstić information content (AvgIpc) is 2.44. The molecule has 1 aliphatic heterocycles. The van der Waals surface area contributed by atoms with Gasteiger partial charge in [0.05, 0.1) is 5.45 Å². The summed E-state index contributed by atoms with van der Waals surface area (Å²) in [5, 5.41) is 9.19. The zero-order valence-corrected chi connectivity index (χ0v) is 8.41. The van der Waals surface area contributed by atoms with Crippen LogP contribution in [0.25, 0.3) is 0 Å². The molecule has 0 aromatic heterocycles. The second-order valence-electron chi connectivity index (χ2n) is 2.96. The standard InChI is InChI=1S/C9H8BrNO2/c10-5-11-4-6-1-2-7(12)3-8(6)9(11)13/h1-3,12H,4-5H2. The quantitative estimate of drug-likeness (QED) is 0.601. The maximum atomic E-state index is 11.6. The Kier molecular flexibility index (Phi) is 2.00. The van der Waals surface area contributed by atoms with E-state index in [-0.39, 0.29) is 11.7 Å². The number of fused-ring (bicyclic) bond motifs is 1. The predicted octanol–water partition coefficient (Wildman–Crippen LogP) is 1.70. The molecule has 1 heterocycles. The molecule has 1 N–H and O–H groups in total. The molecule has 0 saturated heterocycles. The highest BCUT2D eigenvalue weighted by atomic mass is 79.9. The fourth-order valence-corrected chi connectivity index (χ4v) is 1.85. The average molecular weight is 242 g/mol. The summed E-state index contributed by atoms with van der Waals surface area (Å²) in [6.07, 6.45) is 0. The summed E-state index contributed by atoms with van der Waals surface area (Å²) >= 11 is 3.24. The molecular formula is C9H8BrNO2. The lowest BCUT2D eigenvalue weighted by molar-refractivity contribution is 0.0809. The van der Waals surface area contributed by atoms with Crippen molar-refractivity contribution in [2.24, 2.45) is 0 Å². The molecule has 3 nitrogen and oxygen atoms in total. The van der Waals surface area contributed by atoms with Crippen molar-refractivity contribution in [2.75, 3.05) is 5.45 Å². The number of carbonyl (C=O) groups is 1. The predicted molar refractivity (Wildman–Crippen MR) is 51.8 cm³/mol. The van der Waals surface area contributed by atoms with Crippen molar-refractivity contribution in [1.82, 2.24) is 4.90 Å². The molecule has 1 amide bonds. The van der Waals surface area contributed by atoms with Crippen molar-refractivity contribution in [3.63, 3.8) is 0 Å². The highest BCUT2D eigenvalue weighted by molar-refractivity contribution is 9.09. The second-order valence-corrected chi connectivity index (χ2v) is 3.47. The first-order valence-corrected chi connectivity index (χ1v) is 5.01. The highest BCUT2D eigenvalue weighted by Gasteiger charge is 2.26. The van der Waals surface area contributed by atoms with Crippen LogP contribution in [0, 0.1) is 0 Å². The van der Waals surface area contributed by atoms with Gasteiger partial charge in [0, 0.05) is 12.1 Å². The zero-order chi connectivity index (χ0) is 9.42. The smallest absolute Gasteiger partial charge is 0.255 e. The minimum atomic E-state index is -0.0252. The Hall–Kier alpha value is -1.03. The number of aromatic hydroxyl groups is 1. The lowest BCUT2D eigenvalue weighted by Crippen LogP contribution is -2.21. The topological polar surface area (TPSA) is 40.5 Å². The summed E-state index contributed by atoms with van der Waals surface area (Å²) in [6, 6.07) is 4.90. The van der Waals surface area contributed by atoms with E-state index in [2.05, 4.69) is 15.9 Å². The van der Waals surface area contributed by atoms with Gasteiger partial charge in [-0.3, -0.25) is 4.79 Å². The Morgan fingerprint density at radius 2 is 2.31 bits per heavy atom. The number of phenols is 1. The maximum Gasteiger partial charge on any atom is 0.255 e. The minimum Gasteiger partial charge on any atom is -0.508 e. The molecule has 0 bridgehead atoms. The van der Waals surface area contributed by atoms with Crippen LogP contribution in [0.1, 0.15) is 15.9 Å². The van der Waals surface area contributed by atoms with E-state index in [1.807, 2.05) is 0 Å². The molecule has 0 aliphatic carbocycles. The van der Waals surface area contributed by atoms with E-state index in [0.29, 0.717) is 17.6 Å². The molecule has 1 aliphatic rings. The number of halogens is 1. The highest BCUT2D eigenvalue weighted by Crippen LogP contribution is 2.26. The van der Waals surface area contributed by atoms with Gasteiger partial charge in [-0.25, -0.2) is 0 Å². The molecule has 13 heavy (non-hydrogen) atoms. The van der Waals surface area contributed by atoms with Crippen molar-refractivity contribution in [2.45, 2.75) is 6.54 Å². The van der Waals surface area contributed by atoms with Gasteiger partial charge in [-0.1, -0.05) is 22.0 Å². The first kappa shape index (κ1) is 8.56. The summed E-state index contributed by atoms with van der Waals surface area (Å²) in [7, 11) is 0. The number of rotatable bonds is 1. The number of hydrogen-bond donors (Lipinski definition) is 1. The van der Waals surface area contributed by atoms with Crippen molar-refractivity contribution < 1.29 is 9.90 Å². The molecule has 0 atom stereocenters. The molecule has 0 fully saturated rings. The van der Waals surface area contributed by atoms with Gasteiger partial charge in [0.15, 0.2) is 0 Å². The summed E-state index contributed by atoms with van der Waals surface area (Å²) in [5.41, 5.74) is 2.11. The Labute approximate surface area is 84.1 Å². The van der Waals surface area contributed by atoms with Crippen molar-refractivity contribution >= 4 is 21.8 Å². The van der Waals surface area contributed by atoms with E-state index in [1.54, 1.807) is 17.0 Å². The van der Waals surface area contributed by atoms with Crippen LogP contribution in [0.3, 0.4) is 0 Å². The third kappa shape index (κ3) is 1.31. The van der Waals surface area contributed by atoms with Crippen LogP contribution in [-0.2, 0) is 6.54 Å².